The van der Waals surface area contributed by atoms with E-state index >= 15 is 0 Å². The molecule has 8 heteroatoms. The van der Waals surface area contributed by atoms with E-state index in [0.29, 0.717) is 49.2 Å². The normalized spacial score (nSPS) is 40.0. The summed E-state index contributed by atoms with van der Waals surface area (Å²) < 4.78 is 6.25. The zero-order valence-electron chi connectivity index (χ0n) is 29.8. The van der Waals surface area contributed by atoms with Gasteiger partial charge in [-0.25, -0.2) is 0 Å². The highest BCUT2D eigenvalue weighted by Crippen LogP contribution is 2.74. The lowest BCUT2D eigenvalue weighted by atomic mass is 9.37. The van der Waals surface area contributed by atoms with Crippen molar-refractivity contribution in [3.63, 3.8) is 0 Å². The smallest absolute Gasteiger partial charge is 0.302 e. The lowest BCUT2D eigenvalue weighted by Gasteiger charge is -2.68. The Hall–Kier alpha value is -1.22. The maximum absolute atomic E-state index is 14.2. The summed E-state index contributed by atoms with van der Waals surface area (Å²) >= 11 is 0. The minimum absolute atomic E-state index is 0.0191. The van der Waals surface area contributed by atoms with Gasteiger partial charge in [-0.2, -0.15) is 0 Å². The van der Waals surface area contributed by atoms with Crippen molar-refractivity contribution in [3.8, 4) is 0 Å². The van der Waals surface area contributed by atoms with Gasteiger partial charge in [0.05, 0.1) is 6.10 Å². The molecule has 4 saturated carbocycles. The van der Waals surface area contributed by atoms with Crippen LogP contribution in [0.5, 0.6) is 0 Å². The molecule has 0 radical (unpaired) electrons. The molecule has 0 aromatic heterocycles. The molecule has 0 saturated heterocycles. The predicted molar refractivity (Wildman–Crippen MR) is 181 cm³/mol. The summed E-state index contributed by atoms with van der Waals surface area (Å²) in [7, 11) is 0. The third kappa shape index (κ3) is 7.15. The van der Waals surface area contributed by atoms with Gasteiger partial charge >= 0.3 is 5.97 Å². The number of hydrogen-bond acceptors (Lipinski definition) is 7. The van der Waals surface area contributed by atoms with Crippen molar-refractivity contribution in [2.24, 2.45) is 69.1 Å². The highest BCUT2D eigenvalue weighted by atomic mass is 16.5. The van der Waals surface area contributed by atoms with E-state index in [2.05, 4.69) is 51.8 Å². The van der Waals surface area contributed by atoms with Crippen LogP contribution in [0.2, 0.25) is 0 Å². The van der Waals surface area contributed by atoms with Crippen molar-refractivity contribution >= 4 is 11.9 Å². The Morgan fingerprint density at radius 1 is 0.956 bits per heavy atom. The summed E-state index contributed by atoms with van der Waals surface area (Å²) in [6, 6.07) is 0. The second-order valence-corrected chi connectivity index (χ2v) is 16.8. The molecular weight excluding hydrogens is 564 g/mol. The summed E-state index contributed by atoms with van der Waals surface area (Å²) in [6.45, 7) is 19.8. The molecule has 0 bridgehead atoms. The summed E-state index contributed by atoms with van der Waals surface area (Å²) in [4.78, 5) is 29.1. The Bertz CT molecular complexity index is 1000. The van der Waals surface area contributed by atoms with Gasteiger partial charge in [-0.3, -0.25) is 14.5 Å². The van der Waals surface area contributed by atoms with Crippen LogP contribution in [-0.2, 0) is 14.3 Å². The van der Waals surface area contributed by atoms with E-state index in [1.165, 1.54) is 6.92 Å². The van der Waals surface area contributed by atoms with Gasteiger partial charge in [0.15, 0.2) is 0 Å². The predicted octanol–water partition coefficient (Wildman–Crippen LogP) is 4.96. The molecule has 4 fully saturated rings. The number of ether oxygens (including phenoxy) is 1. The minimum atomic E-state index is -0.244. The molecule has 45 heavy (non-hydrogen) atoms. The molecule has 0 aliphatic heterocycles. The number of esters is 1. The topological polar surface area (TPSA) is 131 Å². The molecule has 0 spiro atoms. The maximum atomic E-state index is 14.2. The van der Waals surface area contributed by atoms with Gasteiger partial charge in [0.1, 0.15) is 6.10 Å². The van der Waals surface area contributed by atoms with Crippen LogP contribution in [0.3, 0.4) is 0 Å². The maximum Gasteiger partial charge on any atom is 0.302 e. The van der Waals surface area contributed by atoms with Crippen LogP contribution < -0.4 is 16.8 Å². The Morgan fingerprint density at radius 3 is 2.27 bits per heavy atom. The van der Waals surface area contributed by atoms with E-state index in [4.69, 9.17) is 16.2 Å². The zero-order chi connectivity index (χ0) is 33.2. The van der Waals surface area contributed by atoms with E-state index in [1.807, 2.05) is 0 Å². The first kappa shape index (κ1) is 36.6. The second kappa shape index (κ2) is 14.9. The first-order chi connectivity index (χ1) is 21.2. The van der Waals surface area contributed by atoms with Gasteiger partial charge in [-0.15, -0.1) is 0 Å². The second-order valence-electron chi connectivity index (χ2n) is 16.8. The van der Waals surface area contributed by atoms with Crippen molar-refractivity contribution in [1.29, 1.82) is 0 Å². The number of hydrogen-bond donors (Lipinski definition) is 4. The quantitative estimate of drug-likeness (QED) is 0.199. The Morgan fingerprint density at radius 2 is 1.64 bits per heavy atom. The number of amides is 1. The van der Waals surface area contributed by atoms with Gasteiger partial charge in [0.2, 0.25) is 5.91 Å². The van der Waals surface area contributed by atoms with Gasteiger partial charge < -0.3 is 26.6 Å². The lowest BCUT2D eigenvalue weighted by molar-refractivity contribution is -0.203. The molecule has 8 nitrogen and oxygen atoms in total. The van der Waals surface area contributed by atoms with Crippen LogP contribution in [0, 0.1) is 57.7 Å². The first-order valence-corrected chi connectivity index (χ1v) is 18.5. The van der Waals surface area contributed by atoms with E-state index < -0.39 is 0 Å². The van der Waals surface area contributed by atoms with Crippen molar-refractivity contribution < 1.29 is 19.4 Å². The summed E-state index contributed by atoms with van der Waals surface area (Å²) in [5.41, 5.74) is 11.9. The molecule has 260 valence electrons. The fraction of sp³-hybridized carbons (Fsp3) is 0.946. The van der Waals surface area contributed by atoms with Gasteiger partial charge in [-0.05, 0) is 97.2 Å². The molecule has 0 aromatic carbocycles. The average molecular weight is 633 g/mol. The third-order valence-electron chi connectivity index (χ3n) is 14.0. The SMILES string of the molecule is CC(=O)O[C@H]1C[C@@]2(C)[C@@H](CC[C@H]3[C@@]4(C)CC[C@@H](O)[C@@H](C)[C@@H]4CC[C@@]32C)[C@@H]1[C@H](CCCC(C)C)C(=O)NCCN(CCN)CCN. The first-order valence-electron chi connectivity index (χ1n) is 18.5. The number of carbonyl (C=O) groups is 2. The van der Waals surface area contributed by atoms with Gasteiger partial charge in [-0.1, -0.05) is 54.4 Å². The molecule has 4 aliphatic rings. The van der Waals surface area contributed by atoms with Crippen LogP contribution in [0.4, 0.5) is 0 Å². The summed E-state index contributed by atoms with van der Waals surface area (Å²) in [5, 5.41) is 14.1. The van der Waals surface area contributed by atoms with Crippen LogP contribution >= 0.6 is 0 Å². The molecule has 6 N–H and O–H groups in total. The molecule has 0 unspecified atom stereocenters. The molecule has 0 heterocycles. The highest BCUT2D eigenvalue weighted by molar-refractivity contribution is 5.79. The Kier molecular flexibility index (Phi) is 12.1. The molecule has 4 aliphatic carbocycles. The van der Waals surface area contributed by atoms with E-state index in [1.54, 1.807) is 0 Å². The fourth-order valence-electron chi connectivity index (χ4n) is 11.7. The van der Waals surface area contributed by atoms with Crippen LogP contribution in [-0.4, -0.2) is 73.4 Å². The number of nitrogens with zero attached hydrogens (tertiary/aromatic N) is 1. The number of aliphatic hydroxyl groups excluding tert-OH is 1. The number of rotatable bonds is 14. The molecule has 0 aromatic rings. The van der Waals surface area contributed by atoms with Crippen LogP contribution in [0.25, 0.3) is 0 Å². The molecule has 1 amide bonds. The molecule has 4 rings (SSSR count). The largest absolute Gasteiger partial charge is 0.462 e. The zero-order valence-corrected chi connectivity index (χ0v) is 29.8. The van der Waals surface area contributed by atoms with Crippen molar-refractivity contribution in [2.75, 3.05) is 39.3 Å². The molecular formula is C37H68N4O4. The number of carbonyl (C=O) groups excluding carboxylic acids is 2. The number of nitrogens with one attached hydrogen (secondary N) is 1. The number of nitrogens with two attached hydrogens (primary N) is 2. The van der Waals surface area contributed by atoms with Crippen LogP contribution in [0.15, 0.2) is 0 Å². The Labute approximate surface area is 274 Å². The lowest BCUT2D eigenvalue weighted by Crippen LogP contribution is -2.62. The average Bonchev–Trinajstić information content (AvgIpc) is 3.25. The van der Waals surface area contributed by atoms with Crippen molar-refractivity contribution in [2.45, 2.75) is 125 Å². The standard InChI is InChI=1S/C37H68N4O4/c1-24(2)9-8-10-27(34(44)40-19-22-41(20-17-38)21-18-39)33-29-11-12-32-35(5)15-14-30(43)25(3)28(35)13-16-36(32,6)37(29,7)23-31(33)45-26(4)42/h24-25,27-33,43H,8-23,38-39H2,1-7H3,(H,40,44)/t25-,27-,28-,29-,30+,31-,32-,33-,35-,36-,37-/m0/s1. The highest BCUT2D eigenvalue weighted by Gasteiger charge is 2.70. The Balaban J connectivity index is 1.63. The van der Waals surface area contributed by atoms with E-state index in [9.17, 15) is 14.7 Å². The van der Waals surface area contributed by atoms with Crippen molar-refractivity contribution in [3.05, 3.63) is 0 Å². The number of fused-ring (bicyclic) bond motifs is 5. The van der Waals surface area contributed by atoms with Gasteiger partial charge in [0.25, 0.3) is 0 Å². The third-order valence-corrected chi connectivity index (χ3v) is 14.0. The monoisotopic (exact) mass is 633 g/mol. The molecule has 11 atom stereocenters. The van der Waals surface area contributed by atoms with Crippen LogP contribution in [0.1, 0.15) is 113 Å². The van der Waals surface area contributed by atoms with Gasteiger partial charge in [0, 0.05) is 58.0 Å². The summed E-state index contributed by atoms with van der Waals surface area (Å²) in [5.74, 6) is 2.08. The fourth-order valence-corrected chi connectivity index (χ4v) is 11.7. The van der Waals surface area contributed by atoms with E-state index in [0.717, 1.165) is 83.8 Å². The van der Waals surface area contributed by atoms with E-state index in [-0.39, 0.29) is 52.2 Å². The minimum Gasteiger partial charge on any atom is -0.462 e. The summed E-state index contributed by atoms with van der Waals surface area (Å²) in [6.07, 6.45) is 9.81. The number of aliphatic hydroxyl groups is 1. The van der Waals surface area contributed by atoms with Crippen molar-refractivity contribution in [1.82, 2.24) is 10.2 Å².